The number of halogens is 6. The second kappa shape index (κ2) is 58.0. The van der Waals surface area contributed by atoms with Crippen LogP contribution in [-0.4, -0.2) is 39.0 Å². The van der Waals surface area contributed by atoms with Crippen molar-refractivity contribution in [3.05, 3.63) is 144 Å². The molecule has 0 aliphatic carbocycles. The zero-order valence-corrected chi connectivity index (χ0v) is 44.8. The molecule has 0 spiro atoms. The van der Waals surface area contributed by atoms with E-state index in [1.54, 1.807) is 30.3 Å². The Morgan fingerprint density at radius 3 is 1.35 bits per heavy atom. The number of carbonyl (C=O) groups is 1. The van der Waals surface area contributed by atoms with Gasteiger partial charge < -0.3 is 29.5 Å². The monoisotopic (exact) mass is 1120 g/mol. The van der Waals surface area contributed by atoms with Gasteiger partial charge in [-0.05, 0) is 106 Å². The third-order valence-corrected chi connectivity index (χ3v) is 7.48. The average Bonchev–Trinajstić information content (AvgIpc) is 3.18. The number of nitrogens with two attached hydrogens (primary N) is 2. The fourth-order valence-corrected chi connectivity index (χ4v) is 4.32. The first-order valence-corrected chi connectivity index (χ1v) is 21.6. The van der Waals surface area contributed by atoms with Gasteiger partial charge in [0.05, 0.1) is 5.02 Å². The van der Waals surface area contributed by atoms with Gasteiger partial charge in [0, 0.05) is 68.3 Å². The van der Waals surface area contributed by atoms with Gasteiger partial charge in [-0.3, -0.25) is 4.79 Å². The van der Waals surface area contributed by atoms with E-state index in [-0.39, 0.29) is 46.0 Å². The maximum Gasteiger partial charge on any atom is 0.151 e. The van der Waals surface area contributed by atoms with Gasteiger partial charge in [-0.25, -0.2) is 4.39 Å². The van der Waals surface area contributed by atoms with Gasteiger partial charge in [0.25, 0.3) is 0 Å². The number of nitrogens with one attached hydrogen (secondary N) is 2. The largest absolute Gasteiger partial charge is 0.358 e. The number of hydrogen-bond acceptors (Lipinski definition) is 5. The van der Waals surface area contributed by atoms with Crippen molar-refractivity contribution in [2.24, 2.45) is 11.5 Å². The van der Waals surface area contributed by atoms with E-state index in [0.29, 0.717) is 22.7 Å². The standard InChI is InChI=1S/C10H13BrFN.C7H4BrClO.2C6H5Br.C4H11N.C3H9N.C2H7N.2C2H6.CH3.Y/c1-2-5-13-7-8-6-9(11)3-4-10(8)12;8-6-1-2-7(9)5(3-6)4-10;2*7-6-4-2-1-3-5-6;1-3-5-4-2;1-2-3-4;1-2-3;2*1-2;;/h3-4,6,13H,2,5,7H2,1H3;1-4H;2*1-5H;5H,3-4H2,1-2H3;2-4H2,1H3;2-3H2,1H3;2*1-2H3;1H3;/q;;;;;;;;;-1;. The molecule has 0 unspecified atom stereocenters. The fraction of sp³-hybridized carbons (Fsp3) is 0.395. The van der Waals surface area contributed by atoms with Crippen molar-refractivity contribution in [3.63, 3.8) is 0 Å². The van der Waals surface area contributed by atoms with Crippen LogP contribution in [-0.2, 0) is 39.3 Å². The summed E-state index contributed by atoms with van der Waals surface area (Å²) in [6.07, 6.45) is 2.89. The van der Waals surface area contributed by atoms with Crippen molar-refractivity contribution in [2.45, 2.75) is 81.7 Å². The molecular formula is C43H69Br4ClFN4OY-. The van der Waals surface area contributed by atoms with Crippen LogP contribution in [0.3, 0.4) is 0 Å². The zero-order valence-electron chi connectivity index (χ0n) is 34.9. The Labute approximate surface area is 400 Å². The van der Waals surface area contributed by atoms with Gasteiger partial charge in [0.1, 0.15) is 5.82 Å². The van der Waals surface area contributed by atoms with E-state index in [0.717, 1.165) is 69.7 Å². The van der Waals surface area contributed by atoms with Gasteiger partial charge in [0.15, 0.2) is 6.29 Å². The molecule has 0 heterocycles. The summed E-state index contributed by atoms with van der Waals surface area (Å²) < 4.78 is 17.2. The smallest absolute Gasteiger partial charge is 0.151 e. The summed E-state index contributed by atoms with van der Waals surface area (Å²) >= 11 is 18.8. The van der Waals surface area contributed by atoms with Crippen molar-refractivity contribution in [3.8, 4) is 0 Å². The van der Waals surface area contributed by atoms with Crippen molar-refractivity contribution in [1.82, 2.24) is 10.6 Å². The summed E-state index contributed by atoms with van der Waals surface area (Å²) in [6, 6.07) is 30.1. The van der Waals surface area contributed by atoms with Crippen molar-refractivity contribution < 1.29 is 41.9 Å². The third-order valence-electron chi connectivity index (χ3n) is 5.09. The summed E-state index contributed by atoms with van der Waals surface area (Å²) in [5.41, 5.74) is 11.1. The first-order chi connectivity index (χ1) is 25.5. The summed E-state index contributed by atoms with van der Waals surface area (Å²) in [5, 5.41) is 6.75. The quantitative estimate of drug-likeness (QED) is 0.0801. The molecule has 0 atom stereocenters. The molecule has 5 nitrogen and oxygen atoms in total. The minimum Gasteiger partial charge on any atom is -0.358 e. The number of aldehydes is 1. The molecule has 0 saturated carbocycles. The van der Waals surface area contributed by atoms with Crippen molar-refractivity contribution in [2.75, 3.05) is 32.7 Å². The molecule has 4 aromatic rings. The van der Waals surface area contributed by atoms with Gasteiger partial charge in [-0.1, -0.05) is 174 Å². The fourth-order valence-electron chi connectivity index (χ4n) is 2.76. The van der Waals surface area contributed by atoms with Gasteiger partial charge in [-0.2, -0.15) is 0 Å². The number of rotatable bonds is 8. The van der Waals surface area contributed by atoms with Gasteiger partial charge >= 0.3 is 0 Å². The second-order valence-electron chi connectivity index (χ2n) is 9.44. The Morgan fingerprint density at radius 2 is 1.05 bits per heavy atom. The minimum atomic E-state index is -0.146. The normalized spacial score (nSPS) is 8.24. The van der Waals surface area contributed by atoms with Crippen LogP contribution in [0, 0.1) is 13.2 Å². The van der Waals surface area contributed by atoms with Crippen LogP contribution in [0.1, 0.15) is 91.1 Å². The Morgan fingerprint density at radius 1 is 0.655 bits per heavy atom. The molecule has 0 saturated heterocycles. The average molecular weight is 1120 g/mol. The summed E-state index contributed by atoms with van der Waals surface area (Å²) in [5.74, 6) is -0.146. The third kappa shape index (κ3) is 53.6. The molecule has 0 aliphatic rings. The number of hydrogen-bond donors (Lipinski definition) is 4. The summed E-state index contributed by atoms with van der Waals surface area (Å²) in [4.78, 5) is 10.3. The molecule has 0 aliphatic heterocycles. The van der Waals surface area contributed by atoms with Gasteiger partial charge in [0.2, 0.25) is 0 Å². The Bertz CT molecular complexity index is 1260. The van der Waals surface area contributed by atoms with Crippen LogP contribution >= 0.6 is 75.3 Å². The Hall–Kier alpha value is -0.366. The zero-order chi connectivity index (χ0) is 41.7. The molecule has 4 rings (SSSR count). The van der Waals surface area contributed by atoms with E-state index < -0.39 is 0 Å². The minimum absolute atomic E-state index is 0. The molecule has 1 radical (unpaired) electrons. The molecular weight excluding hydrogens is 1050 g/mol. The van der Waals surface area contributed by atoms with Crippen LogP contribution < -0.4 is 22.1 Å². The summed E-state index contributed by atoms with van der Waals surface area (Å²) in [6.45, 7) is 23.5. The molecule has 12 heteroatoms. The topological polar surface area (TPSA) is 93.2 Å². The van der Waals surface area contributed by atoms with E-state index >= 15 is 0 Å². The van der Waals surface area contributed by atoms with E-state index in [1.165, 1.54) is 6.07 Å². The number of benzene rings is 4. The summed E-state index contributed by atoms with van der Waals surface area (Å²) in [7, 11) is 0. The molecule has 4 aromatic carbocycles. The van der Waals surface area contributed by atoms with Crippen LogP contribution in [0.5, 0.6) is 0 Å². The van der Waals surface area contributed by atoms with Crippen LogP contribution in [0.25, 0.3) is 0 Å². The maximum absolute atomic E-state index is 13.1. The number of carbonyl (C=O) groups excluding carboxylic acids is 1. The molecule has 55 heavy (non-hydrogen) atoms. The van der Waals surface area contributed by atoms with Crippen LogP contribution in [0.15, 0.2) is 115 Å². The van der Waals surface area contributed by atoms with E-state index in [9.17, 15) is 9.18 Å². The van der Waals surface area contributed by atoms with Crippen molar-refractivity contribution >= 4 is 81.6 Å². The molecule has 313 valence electrons. The maximum atomic E-state index is 13.1. The Balaban J connectivity index is -0.0000000997. The first-order valence-electron chi connectivity index (χ1n) is 18.1. The van der Waals surface area contributed by atoms with E-state index in [4.69, 9.17) is 23.1 Å². The Kier molecular flexibility index (Phi) is 73.0. The van der Waals surface area contributed by atoms with E-state index in [1.807, 2.05) is 95.3 Å². The predicted molar refractivity (Wildman–Crippen MR) is 256 cm³/mol. The SMILES string of the molecule is Brc1ccccc1.Brc1ccccc1.CC.CC.CCCN.CCCNCc1cc(Br)ccc1F.CCN.CCNCC.O=Cc1cc(Br)ccc1Cl.[CH3-].[Y]. The second-order valence-corrected chi connectivity index (χ2v) is 13.5. The molecule has 0 amide bonds. The molecule has 0 aromatic heterocycles. The van der Waals surface area contributed by atoms with Gasteiger partial charge in [-0.15, -0.1) is 0 Å². The van der Waals surface area contributed by atoms with Crippen molar-refractivity contribution in [1.29, 1.82) is 0 Å². The molecule has 0 bridgehead atoms. The van der Waals surface area contributed by atoms with E-state index in [2.05, 4.69) is 102 Å². The first kappa shape index (κ1) is 69.3. The molecule has 0 fully saturated rings. The van der Waals surface area contributed by atoms with Crippen LogP contribution in [0.2, 0.25) is 5.02 Å². The van der Waals surface area contributed by atoms with Crippen LogP contribution in [0.4, 0.5) is 4.39 Å². The predicted octanol–water partition coefficient (Wildman–Crippen LogP) is 14.3. The molecule has 6 N–H and O–H groups in total.